The summed E-state index contributed by atoms with van der Waals surface area (Å²) in [6.07, 6.45) is 4.51. The van der Waals surface area contributed by atoms with Crippen molar-refractivity contribution in [3.63, 3.8) is 0 Å². The summed E-state index contributed by atoms with van der Waals surface area (Å²) in [4.78, 5) is 29.6. The normalized spacial score (nSPS) is 21.9. The molecule has 2 fully saturated rings. The molecule has 2 aliphatic rings. The number of benzene rings is 1. The zero-order valence-corrected chi connectivity index (χ0v) is 21.7. The number of fused-ring (bicyclic) bond motifs is 1. The number of aromatic nitrogens is 1. The minimum atomic E-state index is -0.268. The summed E-state index contributed by atoms with van der Waals surface area (Å²) < 4.78 is 13.0. The Labute approximate surface area is 213 Å². The van der Waals surface area contributed by atoms with Crippen LogP contribution in [-0.2, 0) is 27.2 Å². The van der Waals surface area contributed by atoms with Crippen molar-refractivity contribution < 1.29 is 19.1 Å². The zero-order chi connectivity index (χ0) is 25.8. The van der Waals surface area contributed by atoms with E-state index in [0.29, 0.717) is 19.6 Å². The number of likely N-dealkylation sites (tertiary alicyclic amines) is 2. The summed E-state index contributed by atoms with van der Waals surface area (Å²) in [5, 5.41) is 8.90. The second-order valence-electron chi connectivity index (χ2n) is 9.79. The molecule has 196 valence electrons. The number of carbonyl (C=O) groups is 2. The Kier molecular flexibility index (Phi) is 8.18. The van der Waals surface area contributed by atoms with E-state index in [1.54, 1.807) is 14.0 Å². The van der Waals surface area contributed by atoms with Gasteiger partial charge in [-0.1, -0.05) is 12.1 Å². The summed E-state index contributed by atoms with van der Waals surface area (Å²) >= 11 is 0. The van der Waals surface area contributed by atoms with E-state index in [1.165, 1.54) is 5.69 Å². The average Bonchev–Trinajstić information content (AvgIpc) is 3.58. The number of esters is 1. The van der Waals surface area contributed by atoms with Crippen molar-refractivity contribution in [1.82, 2.24) is 14.4 Å². The van der Waals surface area contributed by atoms with E-state index in [0.717, 1.165) is 55.2 Å². The summed E-state index contributed by atoms with van der Waals surface area (Å²) in [7, 11) is 1.66. The number of nitrogens with two attached hydrogens (primary N) is 1. The molecule has 3 N–H and O–H groups in total. The lowest BCUT2D eigenvalue weighted by Gasteiger charge is -2.32. The third kappa shape index (κ3) is 5.36. The highest BCUT2D eigenvalue weighted by molar-refractivity contribution is 5.98. The number of aryl methyl sites for hydroxylation is 2. The lowest BCUT2D eigenvalue weighted by atomic mass is 10.1. The smallest absolute Gasteiger partial charge is 0.320 e. The second kappa shape index (κ2) is 11.3. The van der Waals surface area contributed by atoms with Gasteiger partial charge in [-0.25, -0.2) is 4.79 Å². The molecule has 3 atom stereocenters. The van der Waals surface area contributed by atoms with Crippen LogP contribution in [-0.4, -0.2) is 77.2 Å². The molecule has 36 heavy (non-hydrogen) atoms. The molecule has 0 radical (unpaired) electrons. The number of amidine groups is 1. The van der Waals surface area contributed by atoms with Gasteiger partial charge in [0.05, 0.1) is 19.1 Å². The minimum absolute atomic E-state index is 0.00786. The highest BCUT2D eigenvalue weighted by Crippen LogP contribution is 2.30. The van der Waals surface area contributed by atoms with Crippen LogP contribution in [0.15, 0.2) is 24.3 Å². The van der Waals surface area contributed by atoms with Gasteiger partial charge in [0.2, 0.25) is 0 Å². The fourth-order valence-electron chi connectivity index (χ4n) is 5.81. The van der Waals surface area contributed by atoms with Gasteiger partial charge < -0.3 is 29.6 Å². The number of methoxy groups -OCH3 is 1. The molecule has 3 heterocycles. The summed E-state index contributed by atoms with van der Waals surface area (Å²) in [5.41, 5.74) is 8.75. The van der Waals surface area contributed by atoms with Gasteiger partial charge in [-0.05, 0) is 63.5 Å². The van der Waals surface area contributed by atoms with Crippen molar-refractivity contribution in [2.75, 3.05) is 26.8 Å². The molecule has 4 rings (SSSR count). The van der Waals surface area contributed by atoms with Crippen molar-refractivity contribution in [1.29, 1.82) is 5.41 Å². The van der Waals surface area contributed by atoms with Crippen LogP contribution in [0.5, 0.6) is 0 Å². The van der Waals surface area contributed by atoms with Gasteiger partial charge in [0.15, 0.2) is 0 Å². The first-order chi connectivity index (χ1) is 17.4. The Bertz CT molecular complexity index is 1110. The van der Waals surface area contributed by atoms with Crippen LogP contribution in [0.25, 0.3) is 10.9 Å². The molecular weight excluding hydrogens is 458 g/mol. The maximum atomic E-state index is 13.7. The van der Waals surface area contributed by atoms with Crippen molar-refractivity contribution in [3.05, 3.63) is 35.5 Å². The van der Waals surface area contributed by atoms with Crippen LogP contribution < -0.4 is 5.73 Å². The predicted molar refractivity (Wildman–Crippen MR) is 139 cm³/mol. The highest BCUT2D eigenvalue weighted by Gasteiger charge is 2.41. The number of urea groups is 1. The molecule has 1 aromatic heterocycles. The average molecular weight is 498 g/mol. The maximum absolute atomic E-state index is 13.7. The van der Waals surface area contributed by atoms with Crippen molar-refractivity contribution in [3.8, 4) is 0 Å². The fourth-order valence-corrected chi connectivity index (χ4v) is 5.81. The second-order valence-corrected chi connectivity index (χ2v) is 9.79. The number of hydrogen-bond acceptors (Lipinski definition) is 5. The fraction of sp³-hybridized carbons (Fsp3) is 0.593. The van der Waals surface area contributed by atoms with E-state index in [-0.39, 0.29) is 42.4 Å². The Morgan fingerprint density at radius 2 is 1.97 bits per heavy atom. The number of nitrogen functional groups attached to an aromatic ring is 1. The Morgan fingerprint density at radius 3 is 2.67 bits per heavy atom. The molecule has 2 amide bonds. The molecule has 0 saturated carbocycles. The largest absolute Gasteiger partial charge is 0.466 e. The van der Waals surface area contributed by atoms with Crippen molar-refractivity contribution in [2.45, 2.75) is 77.1 Å². The molecule has 1 aromatic carbocycles. The number of carbonyl (C=O) groups excluding carboxylic acids is 2. The number of ether oxygens (including phenoxy) is 2. The standard InChI is InChI=1S/C27H39N5O4/c1-4-30-21(13-18-8-9-19(26(28)29)14-24(18)30)11-10-20-7-6-12-31(20)27(34)32-17-23(35-3)15-22(32)16-25(33)36-5-2/h8-9,13-14,20,22-23H,4-7,10-12,15-17H2,1-3H3,(H3,28,29)/t20-,22?,23?/m0/s1. The first kappa shape index (κ1) is 26.0. The van der Waals surface area contributed by atoms with Crippen LogP contribution in [0.3, 0.4) is 0 Å². The van der Waals surface area contributed by atoms with Gasteiger partial charge in [0, 0.05) is 55.6 Å². The molecular formula is C27H39N5O4. The molecule has 2 aliphatic heterocycles. The molecule has 9 nitrogen and oxygen atoms in total. The quantitative estimate of drug-likeness (QED) is 0.313. The van der Waals surface area contributed by atoms with E-state index in [1.807, 2.05) is 28.0 Å². The van der Waals surface area contributed by atoms with Crippen LogP contribution in [0, 0.1) is 5.41 Å². The maximum Gasteiger partial charge on any atom is 0.320 e. The third-order valence-corrected chi connectivity index (χ3v) is 7.64. The van der Waals surface area contributed by atoms with Crippen LogP contribution in [0.4, 0.5) is 4.79 Å². The molecule has 2 unspecified atom stereocenters. The number of amides is 2. The van der Waals surface area contributed by atoms with E-state index < -0.39 is 0 Å². The van der Waals surface area contributed by atoms with Gasteiger partial charge in [-0.15, -0.1) is 0 Å². The van der Waals surface area contributed by atoms with Crippen LogP contribution in [0.2, 0.25) is 0 Å². The molecule has 0 aliphatic carbocycles. The zero-order valence-electron chi connectivity index (χ0n) is 21.7. The number of nitrogens with one attached hydrogen (secondary N) is 1. The first-order valence-electron chi connectivity index (χ1n) is 13.1. The lowest BCUT2D eigenvalue weighted by molar-refractivity contribution is -0.144. The van der Waals surface area contributed by atoms with E-state index in [9.17, 15) is 9.59 Å². The number of hydrogen-bond donors (Lipinski definition) is 2. The number of nitrogens with zero attached hydrogens (tertiary/aromatic N) is 3. The minimum Gasteiger partial charge on any atom is -0.466 e. The van der Waals surface area contributed by atoms with E-state index >= 15 is 0 Å². The SMILES string of the molecule is CCOC(=O)CC1CC(OC)CN1C(=O)N1CCC[C@H]1CCc1cc2ccc(C(=N)N)cc2n1CC. The highest BCUT2D eigenvalue weighted by atomic mass is 16.5. The van der Waals surface area contributed by atoms with Gasteiger partial charge in [-0.3, -0.25) is 10.2 Å². The molecule has 2 saturated heterocycles. The van der Waals surface area contributed by atoms with Gasteiger partial charge in [0.1, 0.15) is 5.84 Å². The third-order valence-electron chi connectivity index (χ3n) is 7.64. The monoisotopic (exact) mass is 497 g/mol. The van der Waals surface area contributed by atoms with Crippen LogP contribution in [0.1, 0.15) is 57.2 Å². The van der Waals surface area contributed by atoms with Gasteiger partial charge in [-0.2, -0.15) is 0 Å². The summed E-state index contributed by atoms with van der Waals surface area (Å²) in [5.74, 6) is -0.198. The van der Waals surface area contributed by atoms with Crippen LogP contribution >= 0.6 is 0 Å². The molecule has 2 aromatic rings. The Hall–Kier alpha value is -3.07. The summed E-state index contributed by atoms with van der Waals surface area (Å²) in [6, 6.07) is 8.09. The predicted octanol–water partition coefficient (Wildman–Crippen LogP) is 3.50. The van der Waals surface area contributed by atoms with E-state index in [2.05, 4.69) is 17.6 Å². The van der Waals surface area contributed by atoms with Gasteiger partial charge >= 0.3 is 12.0 Å². The topological polar surface area (TPSA) is 114 Å². The molecule has 9 heteroatoms. The van der Waals surface area contributed by atoms with Crippen molar-refractivity contribution in [2.24, 2.45) is 5.73 Å². The Balaban J connectivity index is 1.46. The molecule has 0 bridgehead atoms. The first-order valence-corrected chi connectivity index (χ1v) is 13.1. The number of rotatable bonds is 9. The van der Waals surface area contributed by atoms with E-state index in [4.69, 9.17) is 20.6 Å². The molecule has 0 spiro atoms. The van der Waals surface area contributed by atoms with Crippen molar-refractivity contribution >= 4 is 28.7 Å². The van der Waals surface area contributed by atoms with Gasteiger partial charge in [0.25, 0.3) is 0 Å². The summed E-state index contributed by atoms with van der Waals surface area (Å²) in [6.45, 7) is 6.33. The lowest BCUT2D eigenvalue weighted by Crippen LogP contribution is -2.48. The Morgan fingerprint density at radius 1 is 1.17 bits per heavy atom.